The van der Waals surface area contributed by atoms with E-state index in [1.54, 1.807) is 0 Å². The first-order chi connectivity index (χ1) is 34.7. The van der Waals surface area contributed by atoms with E-state index >= 15 is 0 Å². The fourth-order valence-corrected chi connectivity index (χ4v) is 12.6. The fraction of sp³-hybridized carbons (Fsp3) is 0.0152. The van der Waals surface area contributed by atoms with E-state index in [4.69, 9.17) is 15.0 Å². The van der Waals surface area contributed by atoms with E-state index in [1.165, 1.54) is 75.1 Å². The molecule has 2 aromatic heterocycles. The predicted molar refractivity (Wildman–Crippen MR) is 292 cm³/mol. The van der Waals surface area contributed by atoms with Crippen LogP contribution >= 0.6 is 11.3 Å². The van der Waals surface area contributed by atoms with E-state index in [2.05, 4.69) is 243 Å². The van der Waals surface area contributed by atoms with E-state index in [9.17, 15) is 0 Å². The molecule has 0 N–H and O–H groups in total. The van der Waals surface area contributed by atoms with Crippen molar-refractivity contribution < 1.29 is 0 Å². The lowest BCUT2D eigenvalue weighted by molar-refractivity contribution is 0.768. The van der Waals surface area contributed by atoms with Gasteiger partial charge in [0.15, 0.2) is 17.5 Å². The summed E-state index contributed by atoms with van der Waals surface area (Å²) >= 11 is 1.85. The second-order valence-electron chi connectivity index (χ2n) is 18.2. The highest BCUT2D eigenvalue weighted by Crippen LogP contribution is 2.58. The quantitative estimate of drug-likeness (QED) is 0.150. The Balaban J connectivity index is 1.05. The topological polar surface area (TPSA) is 38.7 Å². The van der Waals surface area contributed by atoms with Crippen molar-refractivity contribution in [3.8, 4) is 67.5 Å². The molecule has 0 fully saturated rings. The van der Waals surface area contributed by atoms with Gasteiger partial charge in [-0.1, -0.05) is 218 Å². The Morgan fingerprint density at radius 2 is 0.814 bits per heavy atom. The summed E-state index contributed by atoms with van der Waals surface area (Å²) in [5.74, 6) is 1.86. The smallest absolute Gasteiger partial charge is 0.164 e. The number of fused-ring (bicyclic) bond motifs is 9. The predicted octanol–water partition coefficient (Wildman–Crippen LogP) is 17.2. The summed E-state index contributed by atoms with van der Waals surface area (Å²) in [5.41, 5.74) is 14.0. The molecule has 0 saturated heterocycles. The molecule has 326 valence electrons. The van der Waals surface area contributed by atoms with Gasteiger partial charge in [-0.15, -0.1) is 11.3 Å². The second-order valence-corrected chi connectivity index (χ2v) is 19.3. The van der Waals surface area contributed by atoms with Crippen molar-refractivity contribution in [2.24, 2.45) is 0 Å². The Labute approximate surface area is 409 Å². The lowest BCUT2D eigenvalue weighted by atomic mass is 9.67. The molecule has 0 saturated carbocycles. The first-order valence-corrected chi connectivity index (χ1v) is 24.7. The first kappa shape index (κ1) is 40.3. The molecule has 0 unspecified atom stereocenters. The Bertz CT molecular complexity index is 4140. The van der Waals surface area contributed by atoms with Crippen LogP contribution in [0.1, 0.15) is 22.3 Å². The molecule has 0 amide bonds. The zero-order valence-corrected chi connectivity index (χ0v) is 38.7. The molecule has 0 atom stereocenters. The highest BCUT2D eigenvalue weighted by atomic mass is 32.1. The van der Waals surface area contributed by atoms with Gasteiger partial charge in [-0.2, -0.15) is 0 Å². The van der Waals surface area contributed by atoms with Crippen molar-refractivity contribution in [2.45, 2.75) is 5.41 Å². The van der Waals surface area contributed by atoms with Crippen LogP contribution in [0.25, 0.3) is 109 Å². The van der Waals surface area contributed by atoms with Crippen molar-refractivity contribution in [1.82, 2.24) is 15.0 Å². The number of rotatable bonds is 7. The molecule has 2 heterocycles. The minimum absolute atomic E-state index is 0.567. The van der Waals surface area contributed by atoms with E-state index in [1.807, 2.05) is 17.4 Å². The van der Waals surface area contributed by atoms with E-state index in [0.29, 0.717) is 17.5 Å². The van der Waals surface area contributed by atoms with E-state index < -0.39 is 5.41 Å². The molecule has 0 spiro atoms. The third kappa shape index (κ3) is 6.24. The summed E-state index contributed by atoms with van der Waals surface area (Å²) in [6.45, 7) is 0. The maximum Gasteiger partial charge on any atom is 0.164 e. The summed E-state index contributed by atoms with van der Waals surface area (Å²) in [6, 6.07) is 90.0. The monoisotopic (exact) mass is 907 g/mol. The zero-order chi connectivity index (χ0) is 46.2. The molecule has 3 nitrogen and oxygen atoms in total. The normalized spacial score (nSPS) is 12.7. The van der Waals surface area contributed by atoms with Gasteiger partial charge in [-0.25, -0.2) is 15.0 Å². The van der Waals surface area contributed by atoms with Gasteiger partial charge in [0, 0.05) is 36.9 Å². The van der Waals surface area contributed by atoms with Crippen molar-refractivity contribution in [3.63, 3.8) is 0 Å². The molecule has 0 radical (unpaired) electrons. The van der Waals surface area contributed by atoms with Crippen LogP contribution in [-0.4, -0.2) is 15.0 Å². The van der Waals surface area contributed by atoms with Crippen LogP contribution in [0.4, 0.5) is 0 Å². The Morgan fingerprint density at radius 1 is 0.300 bits per heavy atom. The maximum atomic E-state index is 5.60. The minimum Gasteiger partial charge on any atom is -0.208 e. The Hall–Kier alpha value is -8.83. The third-order valence-corrected chi connectivity index (χ3v) is 15.6. The lowest BCUT2D eigenvalue weighted by Gasteiger charge is -2.33. The first-order valence-electron chi connectivity index (χ1n) is 23.8. The molecule has 1 aliphatic carbocycles. The van der Waals surface area contributed by atoms with Crippen molar-refractivity contribution in [2.75, 3.05) is 0 Å². The maximum absolute atomic E-state index is 5.60. The summed E-state index contributed by atoms with van der Waals surface area (Å²) < 4.78 is 2.53. The van der Waals surface area contributed by atoms with Crippen LogP contribution in [0, 0.1) is 0 Å². The minimum atomic E-state index is -0.567. The van der Waals surface area contributed by atoms with Gasteiger partial charge in [-0.3, -0.25) is 0 Å². The molecular weight excluding hydrogens is 867 g/mol. The van der Waals surface area contributed by atoms with E-state index in [-0.39, 0.29) is 0 Å². The molecule has 1 aliphatic rings. The number of hydrogen-bond donors (Lipinski definition) is 0. The fourth-order valence-electron chi connectivity index (χ4n) is 11.4. The van der Waals surface area contributed by atoms with Gasteiger partial charge in [0.2, 0.25) is 0 Å². The van der Waals surface area contributed by atoms with Crippen LogP contribution in [0.3, 0.4) is 0 Å². The van der Waals surface area contributed by atoms with Gasteiger partial charge >= 0.3 is 0 Å². The molecule has 14 rings (SSSR count). The molecule has 13 aromatic rings. The van der Waals surface area contributed by atoms with Gasteiger partial charge in [0.1, 0.15) is 0 Å². The average molecular weight is 908 g/mol. The molecule has 0 bridgehead atoms. The zero-order valence-electron chi connectivity index (χ0n) is 37.9. The summed E-state index contributed by atoms with van der Waals surface area (Å²) in [4.78, 5) is 16.4. The SMILES string of the molecule is c1ccc(-c2nc(-c3cc(-c4cc5ccccc5c5ccccc45)cc(-c4cccc5c4sc4ccccc45)c3)nc(-c3cccc4c3-c3ccccc3C4(c3ccccc3)c3ccccc3)n2)cc1. The number of thiophene rings is 1. The molecule has 11 aromatic carbocycles. The Morgan fingerprint density at radius 3 is 1.59 bits per heavy atom. The summed E-state index contributed by atoms with van der Waals surface area (Å²) in [6.07, 6.45) is 0. The molecule has 4 heteroatoms. The highest BCUT2D eigenvalue weighted by Gasteiger charge is 2.47. The summed E-state index contributed by atoms with van der Waals surface area (Å²) in [7, 11) is 0. The van der Waals surface area contributed by atoms with Gasteiger partial charge in [0.25, 0.3) is 0 Å². The number of aromatic nitrogens is 3. The van der Waals surface area contributed by atoms with Crippen LogP contribution in [-0.2, 0) is 5.41 Å². The third-order valence-electron chi connectivity index (χ3n) is 14.4. The van der Waals surface area contributed by atoms with Crippen molar-refractivity contribution in [1.29, 1.82) is 0 Å². The lowest BCUT2D eigenvalue weighted by Crippen LogP contribution is -2.28. The van der Waals surface area contributed by atoms with Crippen LogP contribution in [0.5, 0.6) is 0 Å². The van der Waals surface area contributed by atoms with Gasteiger partial charge in [0.05, 0.1) is 5.41 Å². The number of hydrogen-bond acceptors (Lipinski definition) is 4. The standard InChI is InChI=1S/C66H41N3S/c1-4-20-42(21-5-1)63-67-64(69-65(68-63)56-34-19-36-59-61(56)55-31-14-16-35-58(55)66(59,47-23-6-2-7-24-47)48-25-8-3-9-26-48)46-39-44(50-32-18-33-54-53-30-15-17-37-60(53)70-62(50)54)38-45(40-46)57-41-43-22-10-11-27-49(43)51-28-12-13-29-52(51)57/h1-41H. The number of nitrogens with zero attached hydrogens (tertiary/aromatic N) is 3. The molecule has 70 heavy (non-hydrogen) atoms. The highest BCUT2D eigenvalue weighted by molar-refractivity contribution is 7.26. The van der Waals surface area contributed by atoms with Gasteiger partial charge < -0.3 is 0 Å². The van der Waals surface area contributed by atoms with Crippen molar-refractivity contribution in [3.05, 3.63) is 271 Å². The van der Waals surface area contributed by atoms with Crippen LogP contribution < -0.4 is 0 Å². The van der Waals surface area contributed by atoms with Crippen molar-refractivity contribution >= 4 is 53.1 Å². The second kappa shape index (κ2) is 16.2. The van der Waals surface area contributed by atoms with Gasteiger partial charge in [-0.05, 0) is 108 Å². The summed E-state index contributed by atoms with van der Waals surface area (Å²) in [5, 5.41) is 7.40. The molecular formula is C66H41N3S. The number of benzene rings is 11. The van der Waals surface area contributed by atoms with Crippen LogP contribution in [0.2, 0.25) is 0 Å². The Kier molecular flexibility index (Phi) is 9.29. The van der Waals surface area contributed by atoms with Crippen LogP contribution in [0.15, 0.2) is 249 Å². The largest absolute Gasteiger partial charge is 0.208 e. The average Bonchev–Trinajstić information content (AvgIpc) is 3.98. The molecule has 0 aliphatic heterocycles. The van der Waals surface area contributed by atoms with E-state index in [0.717, 1.165) is 38.9 Å².